The van der Waals surface area contributed by atoms with E-state index in [-0.39, 0.29) is 42.5 Å². The number of halogens is 4. The van der Waals surface area contributed by atoms with Crippen molar-refractivity contribution in [2.24, 2.45) is 11.7 Å². The number of aromatic nitrogens is 4. The first kappa shape index (κ1) is 29.8. The molecular formula is C26H33ClF3N7O3. The summed E-state index contributed by atoms with van der Waals surface area (Å²) in [5, 5.41) is 4.04. The van der Waals surface area contributed by atoms with Crippen molar-refractivity contribution in [1.29, 1.82) is 0 Å². The number of hydrogen-bond donors (Lipinski definition) is 1. The molecule has 1 aromatic carbocycles. The molecule has 0 amide bonds. The van der Waals surface area contributed by atoms with Gasteiger partial charge in [0.05, 0.1) is 25.1 Å². The molecule has 218 valence electrons. The van der Waals surface area contributed by atoms with Gasteiger partial charge in [0, 0.05) is 63.2 Å². The van der Waals surface area contributed by atoms with Gasteiger partial charge in [-0.1, -0.05) is 19.0 Å². The van der Waals surface area contributed by atoms with E-state index in [0.29, 0.717) is 49.3 Å². The molecule has 0 spiro atoms. The molecule has 0 aliphatic carbocycles. The Labute approximate surface area is 236 Å². The van der Waals surface area contributed by atoms with E-state index in [4.69, 9.17) is 19.7 Å². The van der Waals surface area contributed by atoms with Crippen molar-refractivity contribution in [3.63, 3.8) is 0 Å². The Kier molecular flexibility index (Phi) is 9.37. The van der Waals surface area contributed by atoms with Crippen LogP contribution < -0.4 is 20.3 Å². The third-order valence-corrected chi connectivity index (χ3v) is 7.38. The van der Waals surface area contributed by atoms with E-state index >= 15 is 0 Å². The Morgan fingerprint density at radius 1 is 1.05 bits per heavy atom. The van der Waals surface area contributed by atoms with Crippen molar-refractivity contribution < 1.29 is 27.2 Å². The summed E-state index contributed by atoms with van der Waals surface area (Å²) in [5.74, 6) is -1.78. The molecule has 2 N–H and O–H groups in total. The van der Waals surface area contributed by atoms with Gasteiger partial charge in [-0.05, 0) is 18.1 Å². The van der Waals surface area contributed by atoms with Crippen LogP contribution in [0.15, 0.2) is 29.0 Å². The van der Waals surface area contributed by atoms with Crippen LogP contribution in [0.25, 0.3) is 0 Å². The van der Waals surface area contributed by atoms with Gasteiger partial charge in [-0.15, -0.1) is 12.4 Å². The fourth-order valence-corrected chi connectivity index (χ4v) is 5.08. The van der Waals surface area contributed by atoms with E-state index < -0.39 is 29.4 Å². The molecule has 0 saturated carbocycles. The van der Waals surface area contributed by atoms with Crippen molar-refractivity contribution in [3.05, 3.63) is 53.4 Å². The zero-order valence-corrected chi connectivity index (χ0v) is 23.3. The van der Waals surface area contributed by atoms with E-state index in [1.165, 1.54) is 0 Å². The van der Waals surface area contributed by atoms with E-state index in [1.54, 1.807) is 24.4 Å². The number of hydrogen-bond acceptors (Lipinski definition) is 10. The Hall–Kier alpha value is -3.16. The summed E-state index contributed by atoms with van der Waals surface area (Å²) in [5.41, 5.74) is 6.25. The van der Waals surface area contributed by atoms with E-state index in [2.05, 4.69) is 20.1 Å². The van der Waals surface area contributed by atoms with Crippen LogP contribution in [0.1, 0.15) is 43.5 Å². The minimum atomic E-state index is -1.23. The molecule has 40 heavy (non-hydrogen) atoms. The molecule has 2 aliphatic heterocycles. The number of nitrogens with zero attached hydrogens (tertiary/aromatic N) is 6. The quantitative estimate of drug-likeness (QED) is 0.394. The maximum atomic E-state index is 14.3. The lowest BCUT2D eigenvalue weighted by Crippen LogP contribution is -2.47. The number of piperidine rings is 1. The number of ether oxygens (including phenoxy) is 2. The molecule has 0 bridgehead atoms. The lowest BCUT2D eigenvalue weighted by Gasteiger charge is -2.36. The van der Waals surface area contributed by atoms with Crippen LogP contribution >= 0.6 is 12.4 Å². The number of rotatable bonds is 8. The van der Waals surface area contributed by atoms with Crippen LogP contribution in [-0.4, -0.2) is 72.2 Å². The highest BCUT2D eigenvalue weighted by atomic mass is 35.5. The van der Waals surface area contributed by atoms with Crippen LogP contribution in [0.4, 0.5) is 25.1 Å². The summed E-state index contributed by atoms with van der Waals surface area (Å²) in [4.78, 5) is 17.1. The highest BCUT2D eigenvalue weighted by molar-refractivity contribution is 5.85. The second-order valence-electron chi connectivity index (χ2n) is 10.4. The maximum Gasteiger partial charge on any atom is 0.324 e. The van der Waals surface area contributed by atoms with Crippen molar-refractivity contribution in [1.82, 2.24) is 20.1 Å². The molecule has 2 aliphatic rings. The van der Waals surface area contributed by atoms with Crippen molar-refractivity contribution >= 4 is 24.4 Å². The molecule has 2 saturated heterocycles. The first-order chi connectivity index (χ1) is 18.7. The number of nitrogens with two attached hydrogens (primary N) is 1. The summed E-state index contributed by atoms with van der Waals surface area (Å²) >= 11 is 0. The van der Waals surface area contributed by atoms with E-state index in [1.807, 2.05) is 18.7 Å². The topological polar surface area (TPSA) is 116 Å². The predicted molar refractivity (Wildman–Crippen MR) is 144 cm³/mol. The van der Waals surface area contributed by atoms with Gasteiger partial charge >= 0.3 is 6.01 Å². The van der Waals surface area contributed by atoms with Crippen LogP contribution in [0, 0.1) is 23.4 Å². The normalized spacial score (nSPS) is 23.0. The van der Waals surface area contributed by atoms with E-state index in [9.17, 15) is 13.2 Å². The fraction of sp³-hybridized carbons (Fsp3) is 0.538. The molecule has 14 heteroatoms. The van der Waals surface area contributed by atoms with E-state index in [0.717, 1.165) is 19.0 Å². The predicted octanol–water partition coefficient (Wildman–Crippen LogP) is 3.67. The largest absolute Gasteiger partial charge is 0.490 e. The summed E-state index contributed by atoms with van der Waals surface area (Å²) < 4.78 is 58.5. The molecule has 3 aromatic rings. The Bertz CT molecular complexity index is 1280. The van der Waals surface area contributed by atoms with Crippen molar-refractivity contribution in [2.75, 3.05) is 49.7 Å². The van der Waals surface area contributed by atoms with Gasteiger partial charge in [-0.25, -0.2) is 23.1 Å². The van der Waals surface area contributed by atoms with Gasteiger partial charge in [0.2, 0.25) is 5.95 Å². The number of benzene rings is 1. The summed E-state index contributed by atoms with van der Waals surface area (Å²) in [6.45, 7) is 6.41. The molecule has 5 rings (SSSR count). The smallest absolute Gasteiger partial charge is 0.324 e. The maximum absolute atomic E-state index is 14.3. The number of methoxy groups -OCH3 is 1. The molecule has 4 atom stereocenters. The molecule has 4 heterocycles. The summed E-state index contributed by atoms with van der Waals surface area (Å²) in [6, 6.07) is 1.43. The van der Waals surface area contributed by atoms with Crippen LogP contribution in [0.3, 0.4) is 0 Å². The Morgan fingerprint density at radius 2 is 1.77 bits per heavy atom. The highest BCUT2D eigenvalue weighted by Crippen LogP contribution is 2.32. The van der Waals surface area contributed by atoms with Gasteiger partial charge < -0.3 is 29.5 Å². The molecule has 2 fully saturated rings. The Morgan fingerprint density at radius 3 is 2.45 bits per heavy atom. The van der Waals surface area contributed by atoms with Crippen LogP contribution in [-0.2, 0) is 4.74 Å². The van der Waals surface area contributed by atoms with Crippen LogP contribution in [0.5, 0.6) is 5.75 Å². The van der Waals surface area contributed by atoms with Crippen molar-refractivity contribution in [2.45, 2.75) is 44.2 Å². The zero-order valence-electron chi connectivity index (χ0n) is 22.5. The molecule has 2 aromatic heterocycles. The summed E-state index contributed by atoms with van der Waals surface area (Å²) in [7, 11) is 1.67. The van der Waals surface area contributed by atoms with Gasteiger partial charge in [-0.2, -0.15) is 4.98 Å². The second-order valence-corrected chi connectivity index (χ2v) is 10.4. The average molecular weight is 584 g/mol. The molecule has 0 unspecified atom stereocenters. The minimum Gasteiger partial charge on any atom is -0.490 e. The molecular weight excluding hydrogens is 551 g/mol. The van der Waals surface area contributed by atoms with Gasteiger partial charge in [0.1, 0.15) is 5.82 Å². The van der Waals surface area contributed by atoms with Gasteiger partial charge in [0.15, 0.2) is 23.2 Å². The standard InChI is InChI=1S/C26H32F3N7O3.ClH/c1-14(2)24-33-26(39-34-24)35-5-4-15(23(12-35)37-3)13-38-16-8-31-25(32-9-16)36-10-18(22(30)11-36)17-6-20(28)21(29)7-19(17)27;/h6-9,14-15,18,22-23H,4-5,10-13,30H2,1-3H3;1H/t15-,18+,22-,23-;/m0./s1. The third-order valence-electron chi connectivity index (χ3n) is 7.38. The lowest BCUT2D eigenvalue weighted by atomic mass is 9.94. The van der Waals surface area contributed by atoms with Gasteiger partial charge in [-0.3, -0.25) is 0 Å². The minimum absolute atomic E-state index is 0. The SMILES string of the molecule is CO[C@H]1CN(c2nc(C(C)C)no2)CC[C@H]1COc1cnc(N2C[C@H](c3cc(F)c(F)cc3F)[C@@H](N)C2)nc1.Cl. The summed E-state index contributed by atoms with van der Waals surface area (Å²) in [6.07, 6.45) is 3.86. The third kappa shape index (κ3) is 6.26. The Balaban J connectivity index is 0.00000370. The highest BCUT2D eigenvalue weighted by Gasteiger charge is 2.35. The zero-order chi connectivity index (χ0) is 27.7. The van der Waals surface area contributed by atoms with Crippen molar-refractivity contribution in [3.8, 4) is 5.75 Å². The van der Waals surface area contributed by atoms with Gasteiger partial charge in [0.25, 0.3) is 0 Å². The molecule has 10 nitrogen and oxygen atoms in total. The first-order valence-corrected chi connectivity index (χ1v) is 12.9. The first-order valence-electron chi connectivity index (χ1n) is 12.9. The van der Waals surface area contributed by atoms with Crippen LogP contribution in [0.2, 0.25) is 0 Å². The molecule has 0 radical (unpaired) electrons. The number of anilines is 2. The lowest BCUT2D eigenvalue weighted by molar-refractivity contribution is 0.0206. The fourth-order valence-electron chi connectivity index (χ4n) is 5.08. The monoisotopic (exact) mass is 583 g/mol. The second kappa shape index (κ2) is 12.6. The average Bonchev–Trinajstić information content (AvgIpc) is 3.57.